The Bertz CT molecular complexity index is 125. The summed E-state index contributed by atoms with van der Waals surface area (Å²) in [6.45, 7) is 3.25. The van der Waals surface area contributed by atoms with Crippen LogP contribution in [-0.4, -0.2) is 13.4 Å². The number of allylic oxidation sites excluding steroid dienone is 2. The van der Waals surface area contributed by atoms with E-state index in [1.807, 2.05) is 0 Å². The summed E-state index contributed by atoms with van der Waals surface area (Å²) in [5, 5.41) is 0.269. The molecule has 0 unspecified atom stereocenters. The molecule has 0 saturated carbocycles. The molecule has 0 aliphatic carbocycles. The predicted octanol–water partition coefficient (Wildman–Crippen LogP) is 2.32. The SMILES string of the molecule is C=C/C(F)=C(\OC)SC. The number of methoxy groups -OCH3 is 1. The molecular formula is C6H9FOS. The summed E-state index contributed by atoms with van der Waals surface area (Å²) < 4.78 is 17.1. The van der Waals surface area contributed by atoms with E-state index in [1.165, 1.54) is 18.9 Å². The molecule has 1 nitrogen and oxygen atoms in total. The molecule has 0 heterocycles. The molecule has 3 heteroatoms. The maximum absolute atomic E-state index is 12.4. The monoisotopic (exact) mass is 148 g/mol. The average Bonchev–Trinajstić information content (AvgIpc) is 1.90. The number of hydrogen-bond donors (Lipinski definition) is 0. The van der Waals surface area contributed by atoms with Crippen LogP contribution in [0.25, 0.3) is 0 Å². The highest BCUT2D eigenvalue weighted by molar-refractivity contribution is 8.02. The summed E-state index contributed by atoms with van der Waals surface area (Å²) in [5.41, 5.74) is 0. The van der Waals surface area contributed by atoms with E-state index in [-0.39, 0.29) is 5.09 Å². The summed E-state index contributed by atoms with van der Waals surface area (Å²) >= 11 is 1.21. The molecule has 0 bridgehead atoms. The van der Waals surface area contributed by atoms with Gasteiger partial charge in [-0.3, -0.25) is 0 Å². The smallest absolute Gasteiger partial charge is 0.188 e. The van der Waals surface area contributed by atoms with Gasteiger partial charge in [0.1, 0.15) is 0 Å². The van der Waals surface area contributed by atoms with Crippen molar-refractivity contribution >= 4 is 11.8 Å². The summed E-state index contributed by atoms with van der Waals surface area (Å²) in [6, 6.07) is 0. The van der Waals surface area contributed by atoms with Crippen molar-refractivity contribution in [3.05, 3.63) is 23.6 Å². The molecule has 0 saturated heterocycles. The molecule has 0 atom stereocenters. The lowest BCUT2D eigenvalue weighted by molar-refractivity contribution is 0.312. The highest BCUT2D eigenvalue weighted by atomic mass is 32.2. The minimum atomic E-state index is -0.412. The summed E-state index contributed by atoms with van der Waals surface area (Å²) in [4.78, 5) is 0. The first kappa shape index (κ1) is 8.56. The number of thioether (sulfide) groups is 1. The second-order valence-electron chi connectivity index (χ2n) is 1.25. The molecule has 0 amide bonds. The predicted molar refractivity (Wildman–Crippen MR) is 38.9 cm³/mol. The first-order chi connectivity index (χ1) is 4.26. The number of hydrogen-bond acceptors (Lipinski definition) is 2. The number of rotatable bonds is 3. The third-order valence-corrected chi connectivity index (χ3v) is 1.48. The summed E-state index contributed by atoms with van der Waals surface area (Å²) in [6.07, 6.45) is 2.86. The van der Waals surface area contributed by atoms with Crippen molar-refractivity contribution < 1.29 is 9.13 Å². The molecule has 0 N–H and O–H groups in total. The van der Waals surface area contributed by atoms with Crippen LogP contribution in [0, 0.1) is 0 Å². The van der Waals surface area contributed by atoms with Gasteiger partial charge < -0.3 is 4.74 Å². The Labute approximate surface area is 58.6 Å². The zero-order valence-electron chi connectivity index (χ0n) is 5.48. The molecule has 0 fully saturated rings. The molecule has 0 spiro atoms. The minimum absolute atomic E-state index is 0.269. The Morgan fingerprint density at radius 2 is 2.33 bits per heavy atom. The molecule has 0 aliphatic rings. The quantitative estimate of drug-likeness (QED) is 0.448. The van der Waals surface area contributed by atoms with Gasteiger partial charge in [-0.25, -0.2) is 4.39 Å². The van der Waals surface area contributed by atoms with Crippen molar-refractivity contribution in [1.29, 1.82) is 0 Å². The second kappa shape index (κ2) is 4.44. The fourth-order valence-electron chi connectivity index (χ4n) is 0.362. The lowest BCUT2D eigenvalue weighted by atomic mass is 10.6. The van der Waals surface area contributed by atoms with Crippen molar-refractivity contribution in [2.45, 2.75) is 0 Å². The number of halogens is 1. The maximum Gasteiger partial charge on any atom is 0.188 e. The zero-order valence-corrected chi connectivity index (χ0v) is 6.30. The topological polar surface area (TPSA) is 9.23 Å². The van der Waals surface area contributed by atoms with E-state index in [2.05, 4.69) is 11.3 Å². The highest BCUT2D eigenvalue weighted by Crippen LogP contribution is 2.18. The third kappa shape index (κ3) is 2.56. The van der Waals surface area contributed by atoms with Crippen molar-refractivity contribution in [3.63, 3.8) is 0 Å². The van der Waals surface area contributed by atoms with Crippen LogP contribution in [-0.2, 0) is 4.74 Å². The fraction of sp³-hybridized carbons (Fsp3) is 0.333. The normalized spacial score (nSPS) is 12.3. The van der Waals surface area contributed by atoms with Gasteiger partial charge in [0.25, 0.3) is 0 Å². The van der Waals surface area contributed by atoms with Gasteiger partial charge in [0.15, 0.2) is 10.9 Å². The van der Waals surface area contributed by atoms with Crippen molar-refractivity contribution in [2.75, 3.05) is 13.4 Å². The van der Waals surface area contributed by atoms with Crippen LogP contribution in [0.2, 0.25) is 0 Å². The lowest BCUT2D eigenvalue weighted by Gasteiger charge is -1.99. The minimum Gasteiger partial charge on any atom is -0.488 e. The maximum atomic E-state index is 12.4. The van der Waals surface area contributed by atoms with Crippen LogP contribution >= 0.6 is 11.8 Å². The van der Waals surface area contributed by atoms with E-state index >= 15 is 0 Å². The van der Waals surface area contributed by atoms with E-state index in [1.54, 1.807) is 6.26 Å². The van der Waals surface area contributed by atoms with Gasteiger partial charge in [-0.05, 0) is 12.3 Å². The van der Waals surface area contributed by atoms with Crippen LogP contribution in [0.1, 0.15) is 0 Å². The van der Waals surface area contributed by atoms with E-state index < -0.39 is 5.83 Å². The molecule has 0 aromatic rings. The van der Waals surface area contributed by atoms with Crippen LogP contribution in [0.4, 0.5) is 4.39 Å². The summed E-state index contributed by atoms with van der Waals surface area (Å²) in [5.74, 6) is -0.412. The van der Waals surface area contributed by atoms with Gasteiger partial charge in [0.05, 0.1) is 7.11 Å². The van der Waals surface area contributed by atoms with E-state index in [0.717, 1.165) is 6.08 Å². The van der Waals surface area contributed by atoms with Crippen LogP contribution in [0.3, 0.4) is 0 Å². The number of ether oxygens (including phenoxy) is 1. The van der Waals surface area contributed by atoms with Crippen molar-refractivity contribution in [2.24, 2.45) is 0 Å². The largest absolute Gasteiger partial charge is 0.488 e. The fourth-order valence-corrected chi connectivity index (χ4v) is 0.807. The van der Waals surface area contributed by atoms with Crippen molar-refractivity contribution in [1.82, 2.24) is 0 Å². The standard InChI is InChI=1S/C6H9FOS/c1-4-5(7)6(8-2)9-3/h4H,1H2,2-3H3/b6-5-. The molecular weight excluding hydrogens is 139 g/mol. The van der Waals surface area contributed by atoms with Gasteiger partial charge in [0, 0.05) is 0 Å². The highest BCUT2D eigenvalue weighted by Gasteiger charge is 1.98. The molecule has 0 radical (unpaired) electrons. The molecule has 52 valence electrons. The van der Waals surface area contributed by atoms with E-state index in [0.29, 0.717) is 0 Å². The first-order valence-corrected chi connectivity index (χ1v) is 3.59. The lowest BCUT2D eigenvalue weighted by Crippen LogP contribution is -1.81. The average molecular weight is 148 g/mol. The van der Waals surface area contributed by atoms with Gasteiger partial charge in [-0.15, -0.1) is 0 Å². The molecule has 9 heavy (non-hydrogen) atoms. The van der Waals surface area contributed by atoms with E-state index in [9.17, 15) is 4.39 Å². The Morgan fingerprint density at radius 3 is 2.44 bits per heavy atom. The second-order valence-corrected chi connectivity index (χ2v) is 2.03. The van der Waals surface area contributed by atoms with Crippen molar-refractivity contribution in [3.8, 4) is 0 Å². The van der Waals surface area contributed by atoms with Gasteiger partial charge >= 0.3 is 0 Å². The zero-order chi connectivity index (χ0) is 7.28. The molecule has 0 rings (SSSR count). The van der Waals surface area contributed by atoms with Crippen LogP contribution in [0.5, 0.6) is 0 Å². The Hall–Kier alpha value is -0.440. The van der Waals surface area contributed by atoms with Gasteiger partial charge in [-0.1, -0.05) is 18.3 Å². The van der Waals surface area contributed by atoms with Gasteiger partial charge in [0.2, 0.25) is 0 Å². The first-order valence-electron chi connectivity index (χ1n) is 2.36. The summed E-state index contributed by atoms with van der Waals surface area (Å²) in [7, 11) is 1.43. The Balaban J connectivity index is 4.17. The van der Waals surface area contributed by atoms with Crippen LogP contribution < -0.4 is 0 Å². The Morgan fingerprint density at radius 1 is 1.78 bits per heavy atom. The van der Waals surface area contributed by atoms with Gasteiger partial charge in [-0.2, -0.15) is 0 Å². The van der Waals surface area contributed by atoms with E-state index in [4.69, 9.17) is 0 Å². The molecule has 0 aliphatic heterocycles. The molecule has 0 aromatic carbocycles. The van der Waals surface area contributed by atoms with Crippen LogP contribution in [0.15, 0.2) is 23.6 Å². The molecule has 0 aromatic heterocycles. The third-order valence-electron chi connectivity index (χ3n) is 0.745. The Kier molecular flexibility index (Phi) is 4.22.